The normalized spacial score (nSPS) is 13.4. The summed E-state index contributed by atoms with van der Waals surface area (Å²) in [6.45, 7) is 4.58. The molecule has 0 bridgehead atoms. The van der Waals surface area contributed by atoms with Gasteiger partial charge in [-0.3, -0.25) is 4.57 Å². The molecule has 1 aliphatic rings. The van der Waals surface area contributed by atoms with Crippen molar-refractivity contribution in [3.8, 4) is 39.5 Å². The van der Waals surface area contributed by atoms with E-state index in [0.29, 0.717) is 0 Å². The lowest BCUT2D eigenvalue weighted by atomic mass is 9.84. The van der Waals surface area contributed by atoms with E-state index in [9.17, 15) is 0 Å². The van der Waals surface area contributed by atoms with Gasteiger partial charge in [-0.25, -0.2) is 9.97 Å². The molecule has 0 radical (unpaired) electrons. The van der Waals surface area contributed by atoms with E-state index >= 15 is 0 Å². The van der Waals surface area contributed by atoms with Crippen LogP contribution in [0.5, 0.6) is 0 Å². The Morgan fingerprint density at radius 3 is 2.07 bits per heavy atom. The van der Waals surface area contributed by atoms with Crippen LogP contribution in [-0.2, 0) is 5.41 Å². The minimum Gasteiger partial charge on any atom is -0.455 e. The number of rotatable bonds is 3. The Morgan fingerprint density at radius 2 is 1.22 bits per heavy atom. The van der Waals surface area contributed by atoms with E-state index in [4.69, 9.17) is 14.4 Å². The Labute approximate surface area is 316 Å². The highest BCUT2D eigenvalue weighted by Crippen LogP contribution is 2.51. The van der Waals surface area contributed by atoms with Crippen LogP contribution in [0, 0.1) is 0 Å². The second-order valence-corrected chi connectivity index (χ2v) is 15.4. The largest absolute Gasteiger partial charge is 0.455 e. The molecule has 1 aliphatic carbocycles. The highest BCUT2D eigenvalue weighted by atomic mass is 16.3. The van der Waals surface area contributed by atoms with E-state index in [1.54, 1.807) is 0 Å². The maximum Gasteiger partial charge on any atom is 0.164 e. The average molecular weight is 704 g/mol. The zero-order chi connectivity index (χ0) is 36.4. The number of hydrogen-bond donors (Lipinski definition) is 0. The van der Waals surface area contributed by atoms with Gasteiger partial charge in [0.1, 0.15) is 16.9 Å². The van der Waals surface area contributed by atoms with Crippen molar-refractivity contribution in [2.75, 3.05) is 0 Å². The molecule has 0 atom stereocenters. The van der Waals surface area contributed by atoms with E-state index in [2.05, 4.69) is 170 Å². The Kier molecular flexibility index (Phi) is 6.09. The van der Waals surface area contributed by atoms with Gasteiger partial charge in [-0.15, -0.1) is 0 Å². The van der Waals surface area contributed by atoms with Crippen molar-refractivity contribution in [1.82, 2.24) is 14.5 Å². The predicted molar refractivity (Wildman–Crippen MR) is 227 cm³/mol. The van der Waals surface area contributed by atoms with E-state index in [0.717, 1.165) is 78.1 Å². The second kappa shape index (κ2) is 11.0. The highest BCUT2D eigenvalue weighted by molar-refractivity contribution is 6.23. The summed E-state index contributed by atoms with van der Waals surface area (Å²) < 4.78 is 8.86. The molecule has 0 saturated carbocycles. The van der Waals surface area contributed by atoms with Crippen molar-refractivity contribution in [1.29, 1.82) is 0 Å². The smallest absolute Gasteiger partial charge is 0.164 e. The molecule has 55 heavy (non-hydrogen) atoms. The number of hydrogen-bond acceptors (Lipinski definition) is 3. The summed E-state index contributed by atoms with van der Waals surface area (Å²) in [6, 6.07) is 58.6. The first kappa shape index (κ1) is 30.4. The van der Waals surface area contributed by atoms with Gasteiger partial charge in [0.15, 0.2) is 5.82 Å². The Morgan fingerprint density at radius 1 is 0.491 bits per heavy atom. The first-order chi connectivity index (χ1) is 27.0. The summed E-state index contributed by atoms with van der Waals surface area (Å²) in [5, 5.41) is 9.56. The van der Waals surface area contributed by atoms with Crippen LogP contribution in [0.3, 0.4) is 0 Å². The minimum atomic E-state index is -0.419. The van der Waals surface area contributed by atoms with Crippen LogP contribution in [0.25, 0.3) is 105 Å². The third kappa shape index (κ3) is 4.22. The molecule has 4 nitrogen and oxygen atoms in total. The molecule has 0 N–H and O–H groups in total. The summed E-state index contributed by atoms with van der Waals surface area (Å²) in [4.78, 5) is 11.4. The number of furan rings is 1. The topological polar surface area (TPSA) is 43.9 Å². The van der Waals surface area contributed by atoms with Crippen LogP contribution in [-0.4, -0.2) is 14.5 Å². The molecule has 0 saturated heterocycles. The van der Waals surface area contributed by atoms with Crippen molar-refractivity contribution in [2.45, 2.75) is 19.3 Å². The van der Waals surface area contributed by atoms with E-state index in [-0.39, 0.29) is 0 Å². The molecule has 8 aromatic carbocycles. The molecule has 4 heteroatoms. The molecule has 0 amide bonds. The summed E-state index contributed by atoms with van der Waals surface area (Å²) >= 11 is 0. The standard InChI is InChI=1S/C51H33N3O/c1-51(2)41-28-34(36-20-12-21-38-37-19-10-11-22-44(37)55-48(36)38)23-25-39(41)47-49(51)53-50(46(52-47)31-14-4-3-5-15-31)54-42-26-24-30-13-8-9-18-35(30)45(42)40-27-32-16-6-7-17-33(32)29-43(40)54/h3-29H,1-2H3. The Hall–Kier alpha value is -7.04. The lowest BCUT2D eigenvalue weighted by Crippen LogP contribution is -2.19. The number of aromatic nitrogens is 3. The van der Waals surface area contributed by atoms with Crippen molar-refractivity contribution in [2.24, 2.45) is 0 Å². The van der Waals surface area contributed by atoms with Gasteiger partial charge < -0.3 is 4.42 Å². The molecule has 0 aliphatic heterocycles. The monoisotopic (exact) mass is 703 g/mol. The fraction of sp³-hybridized carbons (Fsp3) is 0.0588. The van der Waals surface area contributed by atoms with Gasteiger partial charge in [-0.05, 0) is 63.0 Å². The number of para-hydroxylation sites is 2. The molecule has 0 fully saturated rings. The number of benzene rings is 8. The summed E-state index contributed by atoms with van der Waals surface area (Å²) in [7, 11) is 0. The van der Waals surface area contributed by atoms with Gasteiger partial charge in [0.2, 0.25) is 0 Å². The average Bonchev–Trinajstić information content (AvgIpc) is 3.84. The van der Waals surface area contributed by atoms with Gasteiger partial charge in [-0.1, -0.05) is 147 Å². The molecule has 12 rings (SSSR count). The zero-order valence-corrected chi connectivity index (χ0v) is 30.3. The van der Waals surface area contributed by atoms with E-state index in [1.807, 2.05) is 12.1 Å². The molecule has 0 spiro atoms. The maximum atomic E-state index is 6.49. The molecular formula is C51H33N3O. The minimum absolute atomic E-state index is 0.419. The molecule has 11 aromatic rings. The lowest BCUT2D eigenvalue weighted by Gasteiger charge is -2.22. The molecule has 0 unspecified atom stereocenters. The number of fused-ring (bicyclic) bond motifs is 12. The molecule has 3 heterocycles. The lowest BCUT2D eigenvalue weighted by molar-refractivity contribution is 0.633. The van der Waals surface area contributed by atoms with Crippen molar-refractivity contribution in [3.05, 3.63) is 175 Å². The SMILES string of the molecule is CC1(C)c2cc(-c3cccc4c3oc3ccccc34)ccc2-c2nc(-c3ccccc3)c(-n3c4cc5ccccc5cc4c4c5ccccc5ccc43)nc21. The first-order valence-corrected chi connectivity index (χ1v) is 18.9. The number of nitrogens with zero attached hydrogens (tertiary/aromatic N) is 3. The summed E-state index contributed by atoms with van der Waals surface area (Å²) in [6.07, 6.45) is 0. The van der Waals surface area contributed by atoms with Crippen molar-refractivity contribution >= 4 is 65.3 Å². The van der Waals surface area contributed by atoms with Gasteiger partial charge in [0.05, 0.1) is 22.4 Å². The zero-order valence-electron chi connectivity index (χ0n) is 30.3. The molecule has 3 aromatic heterocycles. The summed E-state index contributed by atoms with van der Waals surface area (Å²) in [5.74, 6) is 0.837. The van der Waals surface area contributed by atoms with Crippen LogP contribution in [0.15, 0.2) is 168 Å². The third-order valence-electron chi connectivity index (χ3n) is 11.9. The van der Waals surface area contributed by atoms with Crippen molar-refractivity contribution in [3.63, 3.8) is 0 Å². The Balaban J connectivity index is 1.14. The highest BCUT2D eigenvalue weighted by Gasteiger charge is 2.40. The second-order valence-electron chi connectivity index (χ2n) is 15.4. The third-order valence-corrected chi connectivity index (χ3v) is 11.9. The first-order valence-electron chi connectivity index (χ1n) is 18.9. The van der Waals surface area contributed by atoms with E-state index < -0.39 is 5.41 Å². The molecule has 258 valence electrons. The maximum absolute atomic E-state index is 6.49. The van der Waals surface area contributed by atoms with Crippen molar-refractivity contribution < 1.29 is 4.42 Å². The fourth-order valence-electron chi connectivity index (χ4n) is 9.23. The van der Waals surface area contributed by atoms with Gasteiger partial charge in [-0.2, -0.15) is 0 Å². The fourth-order valence-corrected chi connectivity index (χ4v) is 9.23. The van der Waals surface area contributed by atoms with Crippen LogP contribution < -0.4 is 0 Å². The van der Waals surface area contributed by atoms with Gasteiger partial charge >= 0.3 is 0 Å². The predicted octanol–water partition coefficient (Wildman–Crippen LogP) is 13.4. The van der Waals surface area contributed by atoms with Crippen LogP contribution in [0.2, 0.25) is 0 Å². The van der Waals surface area contributed by atoms with Gasteiger partial charge in [0.25, 0.3) is 0 Å². The van der Waals surface area contributed by atoms with Crippen LogP contribution in [0.1, 0.15) is 25.1 Å². The van der Waals surface area contributed by atoms with Crippen LogP contribution in [0.4, 0.5) is 0 Å². The Bertz CT molecular complexity index is 3400. The molecular weight excluding hydrogens is 671 g/mol. The van der Waals surface area contributed by atoms with E-state index in [1.165, 1.54) is 37.9 Å². The summed E-state index contributed by atoms with van der Waals surface area (Å²) in [5.41, 5.74) is 12.0. The van der Waals surface area contributed by atoms with Crippen LogP contribution >= 0.6 is 0 Å². The quantitative estimate of drug-likeness (QED) is 0.184. The van der Waals surface area contributed by atoms with Gasteiger partial charge in [0, 0.05) is 43.7 Å².